The van der Waals surface area contributed by atoms with Crippen molar-refractivity contribution in [3.8, 4) is 0 Å². The number of cyclic esters (lactones) is 4. The summed E-state index contributed by atoms with van der Waals surface area (Å²) in [6, 6.07) is 8.70. The number of nitrogens with zero attached hydrogens (tertiary/aromatic N) is 4. The van der Waals surface area contributed by atoms with E-state index < -0.39 is 120 Å². The number of benzene rings is 2. The molecule has 0 radical (unpaired) electrons. The number of likely N-dealkylation sites (N-methyl/N-ethyl adjacent to an activating group) is 4. The minimum Gasteiger partial charge on any atom is -0.451 e. The zero-order valence-corrected chi connectivity index (χ0v) is 50.7. The number of esters is 4. The van der Waals surface area contributed by atoms with Gasteiger partial charge in [-0.2, -0.15) is 0 Å². The molecule has 3 fully saturated rings. The number of halogens is 2. The highest BCUT2D eigenvalue weighted by atomic mass is 19.1. The minimum absolute atomic E-state index is 0.00402. The van der Waals surface area contributed by atoms with Gasteiger partial charge in [0.15, 0.2) is 24.4 Å². The molecular formula is C62H90F2N4O14. The van der Waals surface area contributed by atoms with Crippen molar-refractivity contribution >= 4 is 47.5 Å². The minimum atomic E-state index is -2.11. The first-order chi connectivity index (χ1) is 38.3. The topological polar surface area (TPSA) is 205 Å². The number of hydrogen-bond acceptors (Lipinski definition) is 14. The largest absolute Gasteiger partial charge is 0.451 e. The van der Waals surface area contributed by atoms with Crippen LogP contribution >= 0.6 is 0 Å². The zero-order valence-electron chi connectivity index (χ0n) is 50.7. The van der Waals surface area contributed by atoms with Gasteiger partial charge in [0.2, 0.25) is 0 Å². The van der Waals surface area contributed by atoms with Crippen molar-refractivity contribution in [2.75, 3.05) is 54.6 Å². The molecule has 3 aliphatic heterocycles. The van der Waals surface area contributed by atoms with Crippen molar-refractivity contribution in [2.24, 2.45) is 11.8 Å². The van der Waals surface area contributed by atoms with Gasteiger partial charge in [0.25, 0.3) is 23.6 Å². The van der Waals surface area contributed by atoms with E-state index in [9.17, 15) is 38.4 Å². The normalized spacial score (nSPS) is 26.0. The second kappa shape index (κ2) is 29.5. The summed E-state index contributed by atoms with van der Waals surface area (Å²) >= 11 is 0. The van der Waals surface area contributed by atoms with Crippen molar-refractivity contribution in [2.45, 2.75) is 205 Å². The Labute approximate surface area is 483 Å². The predicted octanol–water partition coefficient (Wildman–Crippen LogP) is 7.64. The van der Waals surface area contributed by atoms with E-state index >= 15 is 8.78 Å². The summed E-state index contributed by atoms with van der Waals surface area (Å²) in [6.07, 6.45) is -5.04. The van der Waals surface area contributed by atoms with E-state index in [-0.39, 0.29) is 49.4 Å². The van der Waals surface area contributed by atoms with E-state index in [2.05, 4.69) is 0 Å². The van der Waals surface area contributed by atoms with Crippen LogP contribution in [-0.2, 0) is 79.6 Å². The lowest BCUT2D eigenvalue weighted by Crippen LogP contribution is -2.55. The van der Waals surface area contributed by atoms with Crippen molar-refractivity contribution in [3.63, 3.8) is 0 Å². The number of carbonyl (C=O) groups is 8. The van der Waals surface area contributed by atoms with Crippen LogP contribution < -0.4 is 0 Å². The molecule has 20 heteroatoms. The first-order valence-corrected chi connectivity index (χ1v) is 28.9. The fourth-order valence-electron chi connectivity index (χ4n) is 10.8. The first kappa shape index (κ1) is 66.8. The average Bonchev–Trinajstić information content (AvgIpc) is 3.64. The zero-order chi connectivity index (χ0) is 61.0. The Hall–Kier alpha value is -6.02. The summed E-state index contributed by atoms with van der Waals surface area (Å²) in [6.45, 7) is 17.0. The van der Waals surface area contributed by atoms with Crippen LogP contribution in [0.5, 0.6) is 0 Å². The van der Waals surface area contributed by atoms with E-state index in [0.717, 1.165) is 56.4 Å². The van der Waals surface area contributed by atoms with Gasteiger partial charge < -0.3 is 48.0 Å². The molecule has 18 nitrogen and oxygen atoms in total. The summed E-state index contributed by atoms with van der Waals surface area (Å²) in [5.74, 6) is -8.04. The van der Waals surface area contributed by atoms with Crippen molar-refractivity contribution in [3.05, 3.63) is 70.8 Å². The van der Waals surface area contributed by atoms with Crippen LogP contribution in [0.2, 0.25) is 0 Å². The van der Waals surface area contributed by atoms with Crippen LogP contribution in [0.15, 0.2) is 48.5 Å². The van der Waals surface area contributed by atoms with Crippen LogP contribution in [0.25, 0.3) is 0 Å². The standard InChI is InChI=1S/C62H90F2N4O14/c1-37(2)31-47-57(73)79-39(5)53(69)67(13)50(36-62(9,10)64)60(76)82-52(34-42-17-21-44(22-18-42)46-25-29-78-30-26-46)56(72)66(12)48(32-38(3)4)58(74)80-40(6)54(70)68(14)49(35-61(7,8)63)59(75)81-51(55(71)65(47)11)33-41-15-19-43(20-16-41)45-23-27-77-28-24-45/h15-22,37-40,45-52H,23-36H2,1-14H3/t39-,40-,47+,48?,49+,50+,51-,52-/m1/s1. The van der Waals surface area contributed by atoms with Gasteiger partial charge in [0, 0.05) is 80.3 Å². The maximum absolute atomic E-state index is 15.9. The molecule has 2 aromatic carbocycles. The highest BCUT2D eigenvalue weighted by Crippen LogP contribution is 2.31. The molecule has 1 unspecified atom stereocenters. The van der Waals surface area contributed by atoms with E-state index in [1.807, 2.05) is 24.3 Å². The number of rotatable bonds is 14. The molecule has 82 heavy (non-hydrogen) atoms. The molecule has 0 bridgehead atoms. The molecule has 4 amide bonds. The van der Waals surface area contributed by atoms with Gasteiger partial charge in [-0.3, -0.25) is 19.2 Å². The van der Waals surface area contributed by atoms with E-state index in [4.69, 9.17) is 28.4 Å². The maximum atomic E-state index is 15.9. The molecule has 8 atom stereocenters. The Kier molecular flexibility index (Phi) is 24.0. The van der Waals surface area contributed by atoms with Crippen molar-refractivity contribution < 1.29 is 75.6 Å². The Morgan fingerprint density at radius 1 is 0.451 bits per heavy atom. The Morgan fingerprint density at radius 2 is 0.732 bits per heavy atom. The van der Waals surface area contributed by atoms with Gasteiger partial charge in [-0.1, -0.05) is 76.2 Å². The van der Waals surface area contributed by atoms with Crippen LogP contribution in [0, 0.1) is 11.8 Å². The van der Waals surface area contributed by atoms with Crippen LogP contribution in [0.4, 0.5) is 8.78 Å². The Morgan fingerprint density at radius 3 is 1.01 bits per heavy atom. The van der Waals surface area contributed by atoms with E-state index in [0.29, 0.717) is 37.6 Å². The summed E-state index contributed by atoms with van der Waals surface area (Å²) in [5, 5.41) is 0. The fraction of sp³-hybridized carbons (Fsp3) is 0.677. The van der Waals surface area contributed by atoms with Gasteiger partial charge in [-0.05, 0) is 126 Å². The predicted molar refractivity (Wildman–Crippen MR) is 301 cm³/mol. The average molecular weight is 1150 g/mol. The smallest absolute Gasteiger partial charge is 0.329 e. The molecule has 0 saturated carbocycles. The molecule has 456 valence electrons. The third-order valence-electron chi connectivity index (χ3n) is 15.6. The lowest BCUT2D eigenvalue weighted by Gasteiger charge is -2.36. The third kappa shape index (κ3) is 19.0. The Bertz CT molecular complexity index is 2330. The summed E-state index contributed by atoms with van der Waals surface area (Å²) in [7, 11) is 5.07. The molecule has 0 spiro atoms. The van der Waals surface area contributed by atoms with Crippen LogP contribution in [0.3, 0.4) is 0 Å². The molecule has 0 aliphatic carbocycles. The first-order valence-electron chi connectivity index (χ1n) is 28.9. The highest BCUT2D eigenvalue weighted by molar-refractivity contribution is 5.94. The lowest BCUT2D eigenvalue weighted by molar-refractivity contribution is -0.176. The van der Waals surface area contributed by atoms with Gasteiger partial charge in [0.05, 0.1) is 0 Å². The van der Waals surface area contributed by atoms with Crippen LogP contribution in [0.1, 0.15) is 155 Å². The highest BCUT2D eigenvalue weighted by Gasteiger charge is 2.45. The van der Waals surface area contributed by atoms with Gasteiger partial charge >= 0.3 is 23.9 Å². The maximum Gasteiger partial charge on any atom is 0.329 e. The summed E-state index contributed by atoms with van der Waals surface area (Å²) < 4.78 is 66.7. The molecule has 3 aliphatic rings. The van der Waals surface area contributed by atoms with Gasteiger partial charge in [-0.25, -0.2) is 28.0 Å². The molecule has 0 N–H and O–H groups in total. The number of ether oxygens (including phenoxy) is 6. The number of amides is 4. The molecular weight excluding hydrogens is 1060 g/mol. The Balaban J connectivity index is 1.61. The van der Waals surface area contributed by atoms with Gasteiger partial charge in [-0.15, -0.1) is 0 Å². The monoisotopic (exact) mass is 1150 g/mol. The third-order valence-corrected chi connectivity index (χ3v) is 15.6. The molecule has 3 saturated heterocycles. The van der Waals surface area contributed by atoms with Crippen LogP contribution in [-0.4, -0.2) is 182 Å². The van der Waals surface area contributed by atoms with Crippen molar-refractivity contribution in [1.82, 2.24) is 19.6 Å². The van der Waals surface area contributed by atoms with E-state index in [1.54, 1.807) is 52.0 Å². The fourth-order valence-corrected chi connectivity index (χ4v) is 10.8. The van der Waals surface area contributed by atoms with Gasteiger partial charge in [0.1, 0.15) is 35.5 Å². The molecule has 5 rings (SSSR count). The quantitative estimate of drug-likeness (QED) is 0.132. The molecule has 2 aromatic rings. The number of hydrogen-bond donors (Lipinski definition) is 0. The summed E-state index contributed by atoms with van der Waals surface area (Å²) in [5.41, 5.74) is -0.981. The number of alkyl halides is 2. The van der Waals surface area contributed by atoms with E-state index in [1.165, 1.54) is 69.7 Å². The SMILES string of the molecule is CC(C)CC1C(=O)O[C@H](C)C(=O)N(C)[C@@H](CC(C)(C)F)C(=O)O[C@H](Cc2ccc(C3CCOCC3)cc2)C(=O)N(C)[C@@H](CC(C)C)C(=O)O[C@H](C)C(=O)N(C)[C@@H](CC(C)(C)F)C(=O)O[C@H](Cc2ccc(C3CCOCC3)cc2)C(=O)N1C. The second-order valence-electron chi connectivity index (χ2n) is 24.6. The van der Waals surface area contributed by atoms with Crippen molar-refractivity contribution in [1.29, 1.82) is 0 Å². The number of carbonyl (C=O) groups excluding carboxylic acids is 8. The molecule has 3 heterocycles. The summed E-state index contributed by atoms with van der Waals surface area (Å²) in [4.78, 5) is 121. The second-order valence-corrected chi connectivity index (χ2v) is 24.6. The lowest BCUT2D eigenvalue weighted by atomic mass is 9.90. The molecule has 0 aromatic heterocycles.